The Balaban J connectivity index is 1.60. The fourth-order valence-corrected chi connectivity index (χ4v) is 3.15. The number of aromatic amines is 1. The Morgan fingerprint density at radius 1 is 1.11 bits per heavy atom. The molecule has 0 bridgehead atoms. The van der Waals surface area contributed by atoms with Gasteiger partial charge in [0.25, 0.3) is 0 Å². The molecule has 0 saturated carbocycles. The lowest BCUT2D eigenvalue weighted by Gasteiger charge is -2.10. The van der Waals surface area contributed by atoms with E-state index in [-0.39, 0.29) is 11.7 Å². The fraction of sp³-hybridized carbons (Fsp3) is 0.200. The van der Waals surface area contributed by atoms with Crippen molar-refractivity contribution in [3.63, 3.8) is 0 Å². The van der Waals surface area contributed by atoms with Crippen LogP contribution in [0.1, 0.15) is 24.2 Å². The van der Waals surface area contributed by atoms with Gasteiger partial charge >= 0.3 is 0 Å². The van der Waals surface area contributed by atoms with Crippen LogP contribution in [0.5, 0.6) is 5.75 Å². The highest BCUT2D eigenvalue weighted by Gasteiger charge is 2.18. The Hall–Kier alpha value is -3.13. The van der Waals surface area contributed by atoms with Crippen LogP contribution >= 0.6 is 11.8 Å². The van der Waals surface area contributed by atoms with Gasteiger partial charge in [0.15, 0.2) is 11.6 Å². The maximum atomic E-state index is 12.4. The van der Waals surface area contributed by atoms with Crippen molar-refractivity contribution >= 4 is 29.1 Å². The van der Waals surface area contributed by atoms with Gasteiger partial charge in [0.1, 0.15) is 5.75 Å². The van der Waals surface area contributed by atoms with E-state index in [0.29, 0.717) is 22.2 Å². The minimum atomic E-state index is -0.396. The SMILES string of the molecule is COc1ccc(-c2nc(S[C@H](C)C(=O)Nc3ccc(C(C)=O)cc3)n[nH]2)cc1. The van der Waals surface area contributed by atoms with Crippen LogP contribution in [0.4, 0.5) is 5.69 Å². The van der Waals surface area contributed by atoms with Crippen molar-refractivity contribution in [1.82, 2.24) is 15.2 Å². The van der Waals surface area contributed by atoms with E-state index in [2.05, 4.69) is 20.5 Å². The third kappa shape index (κ3) is 4.77. The van der Waals surface area contributed by atoms with Gasteiger partial charge in [-0.05, 0) is 62.4 Å². The van der Waals surface area contributed by atoms with Crippen LogP contribution in [0.2, 0.25) is 0 Å². The molecule has 0 aliphatic carbocycles. The smallest absolute Gasteiger partial charge is 0.237 e. The van der Waals surface area contributed by atoms with Gasteiger partial charge in [0, 0.05) is 16.8 Å². The Bertz CT molecular complexity index is 968. The molecule has 3 rings (SSSR count). The van der Waals surface area contributed by atoms with E-state index in [4.69, 9.17) is 4.74 Å². The topological polar surface area (TPSA) is 97.0 Å². The molecule has 0 saturated heterocycles. The van der Waals surface area contributed by atoms with Gasteiger partial charge < -0.3 is 10.1 Å². The molecule has 2 N–H and O–H groups in total. The molecule has 1 amide bonds. The van der Waals surface area contributed by atoms with Gasteiger partial charge in [-0.2, -0.15) is 0 Å². The third-order valence-corrected chi connectivity index (χ3v) is 5.00. The molecule has 28 heavy (non-hydrogen) atoms. The molecular formula is C20H20N4O3S. The van der Waals surface area contributed by atoms with Crippen LogP contribution in [0.3, 0.4) is 0 Å². The fourth-order valence-electron chi connectivity index (χ4n) is 2.42. The quantitative estimate of drug-likeness (QED) is 0.466. The first kappa shape index (κ1) is 19.6. The molecule has 0 radical (unpaired) electrons. The summed E-state index contributed by atoms with van der Waals surface area (Å²) in [5.74, 6) is 1.20. The van der Waals surface area contributed by atoms with Crippen molar-refractivity contribution < 1.29 is 14.3 Å². The number of H-pyrrole nitrogens is 1. The second-order valence-corrected chi connectivity index (χ2v) is 7.39. The number of nitrogens with one attached hydrogen (secondary N) is 2. The predicted octanol–water partition coefficient (Wildman–Crippen LogP) is 3.80. The van der Waals surface area contributed by atoms with Crippen molar-refractivity contribution in [2.24, 2.45) is 0 Å². The molecule has 0 aliphatic rings. The average molecular weight is 396 g/mol. The van der Waals surface area contributed by atoms with E-state index in [1.807, 2.05) is 24.3 Å². The first-order valence-corrected chi connectivity index (χ1v) is 9.49. The average Bonchev–Trinajstić information content (AvgIpc) is 3.17. The third-order valence-electron chi connectivity index (χ3n) is 4.04. The number of rotatable bonds is 7. The number of aromatic nitrogens is 3. The zero-order chi connectivity index (χ0) is 20.1. The number of ether oxygens (including phenoxy) is 1. The Kier molecular flexibility index (Phi) is 6.10. The summed E-state index contributed by atoms with van der Waals surface area (Å²) in [4.78, 5) is 28.2. The summed E-state index contributed by atoms with van der Waals surface area (Å²) in [6.45, 7) is 3.29. The molecule has 8 heteroatoms. The monoisotopic (exact) mass is 396 g/mol. The van der Waals surface area contributed by atoms with Crippen molar-refractivity contribution in [1.29, 1.82) is 0 Å². The minimum Gasteiger partial charge on any atom is -0.497 e. The first-order chi connectivity index (χ1) is 13.5. The van der Waals surface area contributed by atoms with Gasteiger partial charge in [0.05, 0.1) is 12.4 Å². The Labute approximate surface area is 166 Å². The van der Waals surface area contributed by atoms with Crippen molar-refractivity contribution in [2.45, 2.75) is 24.3 Å². The summed E-state index contributed by atoms with van der Waals surface area (Å²) in [6.07, 6.45) is 0. The normalized spacial score (nSPS) is 11.7. The molecule has 1 heterocycles. The highest BCUT2D eigenvalue weighted by Crippen LogP contribution is 2.24. The molecule has 144 valence electrons. The number of amides is 1. The van der Waals surface area contributed by atoms with Crippen molar-refractivity contribution in [3.8, 4) is 17.1 Å². The lowest BCUT2D eigenvalue weighted by atomic mass is 10.1. The second-order valence-electron chi connectivity index (χ2n) is 6.08. The lowest BCUT2D eigenvalue weighted by molar-refractivity contribution is -0.115. The number of anilines is 1. The molecule has 7 nitrogen and oxygen atoms in total. The van der Waals surface area contributed by atoms with E-state index < -0.39 is 5.25 Å². The van der Waals surface area contributed by atoms with Crippen LogP contribution in [0.25, 0.3) is 11.4 Å². The lowest BCUT2D eigenvalue weighted by Crippen LogP contribution is -2.22. The summed E-state index contributed by atoms with van der Waals surface area (Å²) in [7, 11) is 1.61. The number of hydrogen-bond donors (Lipinski definition) is 2. The molecule has 2 aromatic carbocycles. The highest BCUT2D eigenvalue weighted by molar-refractivity contribution is 8.00. The number of carbonyl (C=O) groups excluding carboxylic acids is 2. The number of ketones is 1. The maximum absolute atomic E-state index is 12.4. The highest BCUT2D eigenvalue weighted by atomic mass is 32.2. The molecular weight excluding hydrogens is 376 g/mol. The number of methoxy groups -OCH3 is 1. The molecule has 1 aromatic heterocycles. The number of benzene rings is 2. The molecule has 0 unspecified atom stereocenters. The van der Waals surface area contributed by atoms with E-state index in [1.165, 1.54) is 18.7 Å². The number of nitrogens with zero attached hydrogens (tertiary/aromatic N) is 2. The first-order valence-electron chi connectivity index (χ1n) is 8.61. The Morgan fingerprint density at radius 2 is 1.79 bits per heavy atom. The van der Waals surface area contributed by atoms with Gasteiger partial charge in [-0.15, -0.1) is 5.10 Å². The second kappa shape index (κ2) is 8.71. The summed E-state index contributed by atoms with van der Waals surface area (Å²) in [5, 5.41) is 9.98. The van der Waals surface area contributed by atoms with Gasteiger partial charge in [-0.25, -0.2) is 4.98 Å². The molecule has 0 aliphatic heterocycles. The Morgan fingerprint density at radius 3 is 2.39 bits per heavy atom. The maximum Gasteiger partial charge on any atom is 0.237 e. The van der Waals surface area contributed by atoms with Crippen LogP contribution in [-0.2, 0) is 4.79 Å². The van der Waals surface area contributed by atoms with E-state index in [1.54, 1.807) is 38.3 Å². The zero-order valence-corrected chi connectivity index (χ0v) is 16.5. The molecule has 1 atom stereocenters. The number of hydrogen-bond acceptors (Lipinski definition) is 6. The molecule has 0 fully saturated rings. The van der Waals surface area contributed by atoms with Crippen LogP contribution < -0.4 is 10.1 Å². The van der Waals surface area contributed by atoms with E-state index in [0.717, 1.165) is 11.3 Å². The van der Waals surface area contributed by atoms with Crippen LogP contribution in [-0.4, -0.2) is 39.2 Å². The number of Topliss-reactive ketones (excluding diaryl/α,β-unsaturated/α-hetero) is 1. The predicted molar refractivity (Wildman–Crippen MR) is 109 cm³/mol. The van der Waals surface area contributed by atoms with Gasteiger partial charge in [-0.1, -0.05) is 11.8 Å². The molecule has 3 aromatic rings. The minimum absolute atomic E-state index is 0.0147. The van der Waals surface area contributed by atoms with Crippen molar-refractivity contribution in [3.05, 3.63) is 54.1 Å². The van der Waals surface area contributed by atoms with Gasteiger partial charge in [0.2, 0.25) is 11.1 Å². The van der Waals surface area contributed by atoms with Crippen molar-refractivity contribution in [2.75, 3.05) is 12.4 Å². The summed E-state index contributed by atoms with van der Waals surface area (Å²) in [5.41, 5.74) is 2.12. The number of carbonyl (C=O) groups is 2. The van der Waals surface area contributed by atoms with E-state index >= 15 is 0 Å². The summed E-state index contributed by atoms with van der Waals surface area (Å²) >= 11 is 1.26. The van der Waals surface area contributed by atoms with Gasteiger partial charge in [-0.3, -0.25) is 14.7 Å². The summed E-state index contributed by atoms with van der Waals surface area (Å²) in [6, 6.07) is 14.2. The molecule has 0 spiro atoms. The van der Waals surface area contributed by atoms with Crippen LogP contribution in [0, 0.1) is 0 Å². The van der Waals surface area contributed by atoms with E-state index in [9.17, 15) is 9.59 Å². The zero-order valence-electron chi connectivity index (χ0n) is 15.7. The summed E-state index contributed by atoms with van der Waals surface area (Å²) < 4.78 is 5.14. The number of thioether (sulfide) groups is 1. The largest absolute Gasteiger partial charge is 0.497 e. The standard InChI is InChI=1S/C20H20N4O3S/c1-12(25)14-4-8-16(9-5-14)21-19(26)13(2)28-20-22-18(23-24-20)15-6-10-17(27-3)11-7-15/h4-11,13H,1-3H3,(H,21,26)(H,22,23,24)/t13-/m1/s1. The van der Waals surface area contributed by atoms with Crippen LogP contribution in [0.15, 0.2) is 53.7 Å².